The van der Waals surface area contributed by atoms with Crippen molar-refractivity contribution in [2.24, 2.45) is 0 Å². The van der Waals surface area contributed by atoms with Crippen LogP contribution in [0.1, 0.15) is 25.6 Å². The van der Waals surface area contributed by atoms with Gasteiger partial charge in [-0.3, -0.25) is 14.4 Å². The molecule has 0 saturated heterocycles. The second-order valence-electron chi connectivity index (χ2n) is 8.94. The van der Waals surface area contributed by atoms with Crippen molar-refractivity contribution in [2.45, 2.75) is 32.4 Å². The fraction of sp³-hybridized carbons (Fsp3) is 0.333. The summed E-state index contributed by atoms with van der Waals surface area (Å²) in [4.78, 5) is 68.2. The topological polar surface area (TPSA) is 154 Å². The molecule has 1 atom stereocenters. The number of halogens is 1. The SMILES string of the molecule is CCOC(=O)n1c(Cn2cccc(NC(=O)[C@H](CC/C=C/C(=O)N(C)C)NC(=O)OC)c2=O)nc2cc(F)ccc21. The van der Waals surface area contributed by atoms with Gasteiger partial charge in [-0.15, -0.1) is 0 Å². The number of anilines is 1. The zero-order valence-electron chi connectivity index (χ0n) is 23.0. The molecular weight excluding hydrogens is 539 g/mol. The lowest BCUT2D eigenvalue weighted by atomic mass is 10.1. The highest BCUT2D eigenvalue weighted by molar-refractivity contribution is 5.96. The second-order valence-corrected chi connectivity index (χ2v) is 8.94. The summed E-state index contributed by atoms with van der Waals surface area (Å²) in [6.45, 7) is 1.52. The van der Waals surface area contributed by atoms with Gasteiger partial charge in [0, 0.05) is 26.4 Å². The molecular formula is C27H31FN6O7. The number of nitrogens with zero attached hydrogens (tertiary/aromatic N) is 4. The molecule has 3 aromatic rings. The molecule has 13 nitrogen and oxygen atoms in total. The summed E-state index contributed by atoms with van der Waals surface area (Å²) < 4.78 is 25.9. The Kier molecular flexibility index (Phi) is 10.3. The van der Waals surface area contributed by atoms with Gasteiger partial charge in [0.25, 0.3) is 5.56 Å². The quantitative estimate of drug-likeness (QED) is 0.353. The number of fused-ring (bicyclic) bond motifs is 1. The van der Waals surface area contributed by atoms with Crippen molar-refractivity contribution in [1.29, 1.82) is 0 Å². The lowest BCUT2D eigenvalue weighted by Gasteiger charge is -2.17. The van der Waals surface area contributed by atoms with E-state index in [2.05, 4.69) is 20.4 Å². The highest BCUT2D eigenvalue weighted by Gasteiger charge is 2.23. The van der Waals surface area contributed by atoms with Crippen LogP contribution in [0.2, 0.25) is 0 Å². The first-order chi connectivity index (χ1) is 19.5. The van der Waals surface area contributed by atoms with Gasteiger partial charge in [0.05, 0.1) is 31.3 Å². The van der Waals surface area contributed by atoms with Crippen molar-refractivity contribution in [3.05, 3.63) is 70.7 Å². The molecule has 0 aliphatic rings. The minimum Gasteiger partial charge on any atom is -0.453 e. The van der Waals surface area contributed by atoms with Crippen LogP contribution in [0.15, 0.2) is 53.5 Å². The number of nitrogens with one attached hydrogen (secondary N) is 2. The van der Waals surface area contributed by atoms with Crippen LogP contribution in [-0.2, 0) is 25.6 Å². The standard InChI is InChI=1S/C27H31FN6O7/c1-5-41-27(39)34-21-13-12-17(28)15-20(21)29-22(34)16-33-14-8-10-19(25(33)37)30-24(36)18(31-26(38)40-4)9-6-7-11-23(35)32(2)3/h7-8,10-15,18H,5-6,9,16H2,1-4H3,(H,30,36)(H,31,38)/b11-7+/t18-/m0/s1. The van der Waals surface area contributed by atoms with E-state index in [4.69, 9.17) is 4.74 Å². The molecule has 0 aliphatic heterocycles. The number of carbonyl (C=O) groups excluding carboxylic acids is 4. The number of alkyl carbamates (subject to hydrolysis) is 1. The molecule has 3 amide bonds. The number of hydrogen-bond acceptors (Lipinski definition) is 8. The number of hydrogen-bond donors (Lipinski definition) is 2. The first-order valence-corrected chi connectivity index (χ1v) is 12.6. The minimum atomic E-state index is -1.09. The van der Waals surface area contributed by atoms with Crippen LogP contribution < -0.4 is 16.2 Å². The third-order valence-electron chi connectivity index (χ3n) is 5.84. The molecule has 0 saturated carbocycles. The molecule has 2 aromatic heterocycles. The number of pyridine rings is 1. The van der Waals surface area contributed by atoms with E-state index in [0.29, 0.717) is 5.52 Å². The van der Waals surface area contributed by atoms with Crippen LogP contribution in [0.5, 0.6) is 0 Å². The maximum atomic E-state index is 13.8. The second kappa shape index (κ2) is 13.9. The van der Waals surface area contributed by atoms with Crippen molar-refractivity contribution in [3.63, 3.8) is 0 Å². The van der Waals surface area contributed by atoms with Gasteiger partial charge < -0.3 is 29.6 Å². The Hall–Kier alpha value is -5.01. The largest absolute Gasteiger partial charge is 0.453 e. The number of likely N-dealkylation sites (N-methyl/N-ethyl adjacent to an activating group) is 1. The van der Waals surface area contributed by atoms with Crippen LogP contribution in [0.3, 0.4) is 0 Å². The molecule has 41 heavy (non-hydrogen) atoms. The van der Waals surface area contributed by atoms with E-state index in [1.54, 1.807) is 27.1 Å². The monoisotopic (exact) mass is 570 g/mol. The summed E-state index contributed by atoms with van der Waals surface area (Å²) in [6, 6.07) is 5.53. The van der Waals surface area contributed by atoms with Crippen molar-refractivity contribution in [2.75, 3.05) is 33.1 Å². The average Bonchev–Trinajstić information content (AvgIpc) is 3.29. The Morgan fingerprint density at radius 1 is 1.20 bits per heavy atom. The highest BCUT2D eigenvalue weighted by Crippen LogP contribution is 2.19. The summed E-state index contributed by atoms with van der Waals surface area (Å²) in [5, 5.41) is 4.93. The molecule has 218 valence electrons. The van der Waals surface area contributed by atoms with Crippen molar-refractivity contribution in [1.82, 2.24) is 24.3 Å². The van der Waals surface area contributed by atoms with Gasteiger partial charge in [-0.05, 0) is 50.1 Å². The number of aromatic nitrogens is 3. The summed E-state index contributed by atoms with van der Waals surface area (Å²) in [6.07, 6.45) is 3.14. The zero-order valence-corrected chi connectivity index (χ0v) is 23.0. The van der Waals surface area contributed by atoms with Gasteiger partial charge in [-0.25, -0.2) is 23.5 Å². The fourth-order valence-electron chi connectivity index (χ4n) is 3.80. The maximum absolute atomic E-state index is 13.8. The lowest BCUT2D eigenvalue weighted by Crippen LogP contribution is -2.44. The van der Waals surface area contributed by atoms with Gasteiger partial charge in [0.15, 0.2) is 0 Å². The Bertz CT molecular complexity index is 1530. The molecule has 0 aliphatic carbocycles. The minimum absolute atomic E-state index is 0.0864. The Balaban J connectivity index is 1.85. The van der Waals surface area contributed by atoms with Gasteiger partial charge >= 0.3 is 12.2 Å². The lowest BCUT2D eigenvalue weighted by molar-refractivity contribution is -0.123. The van der Waals surface area contributed by atoms with E-state index >= 15 is 0 Å². The van der Waals surface area contributed by atoms with Crippen LogP contribution in [0.4, 0.5) is 19.7 Å². The van der Waals surface area contributed by atoms with Crippen LogP contribution >= 0.6 is 0 Å². The van der Waals surface area contributed by atoms with Crippen LogP contribution in [0, 0.1) is 5.82 Å². The molecule has 1 aromatic carbocycles. The van der Waals surface area contributed by atoms with E-state index in [-0.39, 0.29) is 48.9 Å². The first kappa shape index (κ1) is 30.5. The number of carbonyl (C=O) groups is 4. The van der Waals surface area contributed by atoms with E-state index in [0.717, 1.165) is 17.7 Å². The van der Waals surface area contributed by atoms with E-state index in [9.17, 15) is 28.4 Å². The molecule has 0 unspecified atom stereocenters. The van der Waals surface area contributed by atoms with Crippen molar-refractivity contribution in [3.8, 4) is 0 Å². The third-order valence-corrected chi connectivity index (χ3v) is 5.84. The molecule has 0 radical (unpaired) electrons. The number of allylic oxidation sites excluding steroid dienone is 1. The number of amides is 3. The molecule has 0 spiro atoms. The predicted molar refractivity (Wildman–Crippen MR) is 147 cm³/mol. The highest BCUT2D eigenvalue weighted by atomic mass is 19.1. The summed E-state index contributed by atoms with van der Waals surface area (Å²) >= 11 is 0. The zero-order chi connectivity index (χ0) is 30.1. The summed E-state index contributed by atoms with van der Waals surface area (Å²) in [5.41, 5.74) is -0.223. The van der Waals surface area contributed by atoms with E-state index in [1.165, 1.54) is 46.0 Å². The normalized spacial score (nSPS) is 11.7. The average molecular weight is 571 g/mol. The molecule has 2 heterocycles. The fourth-order valence-corrected chi connectivity index (χ4v) is 3.80. The molecule has 0 fully saturated rings. The third kappa shape index (κ3) is 7.77. The Labute approximate surface area is 234 Å². The van der Waals surface area contributed by atoms with E-state index in [1.807, 2.05) is 0 Å². The number of ether oxygens (including phenoxy) is 2. The summed E-state index contributed by atoms with van der Waals surface area (Å²) in [7, 11) is 4.34. The van der Waals surface area contributed by atoms with Gasteiger partial charge in [-0.1, -0.05) is 6.08 Å². The maximum Gasteiger partial charge on any atom is 0.420 e. The Morgan fingerprint density at radius 2 is 1.95 bits per heavy atom. The van der Waals surface area contributed by atoms with Crippen molar-refractivity contribution >= 4 is 40.7 Å². The van der Waals surface area contributed by atoms with Gasteiger partial charge in [0.2, 0.25) is 11.8 Å². The van der Waals surface area contributed by atoms with Gasteiger partial charge in [0.1, 0.15) is 23.4 Å². The molecule has 14 heteroatoms. The van der Waals surface area contributed by atoms with Crippen molar-refractivity contribution < 1.29 is 33.0 Å². The number of methoxy groups -OCH3 is 1. The molecule has 0 bridgehead atoms. The Morgan fingerprint density at radius 3 is 2.63 bits per heavy atom. The number of benzene rings is 1. The predicted octanol–water partition coefficient (Wildman–Crippen LogP) is 2.48. The summed E-state index contributed by atoms with van der Waals surface area (Å²) in [5.74, 6) is -1.36. The molecule has 2 N–H and O–H groups in total. The van der Waals surface area contributed by atoms with Gasteiger partial charge in [-0.2, -0.15) is 0 Å². The number of rotatable bonds is 10. The van der Waals surface area contributed by atoms with Crippen LogP contribution in [-0.4, -0.2) is 76.9 Å². The van der Waals surface area contributed by atoms with Crippen LogP contribution in [0.25, 0.3) is 11.0 Å². The van der Waals surface area contributed by atoms with E-state index < -0.39 is 35.5 Å². The smallest absolute Gasteiger partial charge is 0.420 e. The number of imidazole rings is 1. The first-order valence-electron chi connectivity index (χ1n) is 12.6. The molecule has 3 rings (SSSR count).